The van der Waals surface area contributed by atoms with Crippen LogP contribution in [0.1, 0.15) is 142 Å². The number of carbonyl (C=O) groups is 3. The quantitative estimate of drug-likeness (QED) is 0.0504. The number of carbonyl (C=O) groups excluding carboxylic acids is 3. The largest absolute Gasteiger partial charge is 1.00 e. The minimum absolute atomic E-state index is 0. The van der Waals surface area contributed by atoms with E-state index in [1.165, 1.54) is 69.5 Å². The second-order valence-electron chi connectivity index (χ2n) is 10.4. The summed E-state index contributed by atoms with van der Waals surface area (Å²) in [6, 6.07) is 0. The predicted octanol–water partition coefficient (Wildman–Crippen LogP) is 0.396. The minimum atomic E-state index is -5.25. The molecule has 0 aromatic carbocycles. The summed E-state index contributed by atoms with van der Waals surface area (Å²) in [5.41, 5.74) is 0. The van der Waals surface area contributed by atoms with Crippen LogP contribution in [-0.2, 0) is 32.9 Å². The van der Waals surface area contributed by atoms with Gasteiger partial charge in [-0.2, -0.15) is 0 Å². The molecule has 0 bridgehead atoms. The van der Waals surface area contributed by atoms with E-state index in [4.69, 9.17) is 9.47 Å². The van der Waals surface area contributed by atoms with Crippen LogP contribution in [0.4, 0.5) is 0 Å². The molecule has 1 atom stereocenters. The summed E-state index contributed by atoms with van der Waals surface area (Å²) in [5, 5.41) is 0.116. The summed E-state index contributed by atoms with van der Waals surface area (Å²) in [6.45, 7) is 2.73. The van der Waals surface area contributed by atoms with E-state index in [2.05, 4.69) is 11.4 Å². The Morgan fingerprint density at radius 2 is 1.10 bits per heavy atom. The fourth-order valence-corrected chi connectivity index (χ4v) is 5.18. The van der Waals surface area contributed by atoms with Crippen LogP contribution < -0.4 is 68.9 Å². The molecule has 0 aliphatic carbocycles. The Kier molecular flexibility index (Phi) is 37.8. The molecule has 0 amide bonds. The Hall–Kier alpha value is 1.07. The SMILES string of the molecule is CCCCCCCCCCCCCCCC(=O)O[C@H](COC(=O)CCCCCCCSC(C)=O)COP(=O)([O-])[O-].[Na+].[Na+]. The third kappa shape index (κ3) is 37.3. The summed E-state index contributed by atoms with van der Waals surface area (Å²) < 4.78 is 25.5. The molecule has 13 heteroatoms. The minimum Gasteiger partial charge on any atom is -0.790 e. The van der Waals surface area contributed by atoms with Crippen LogP contribution in [-0.4, -0.2) is 42.1 Å². The smallest absolute Gasteiger partial charge is 0.790 e. The van der Waals surface area contributed by atoms with Crippen molar-refractivity contribution in [2.45, 2.75) is 148 Å². The van der Waals surface area contributed by atoms with Crippen LogP contribution in [0.2, 0.25) is 0 Å². The number of rotatable bonds is 28. The Morgan fingerprint density at radius 1 is 0.667 bits per heavy atom. The van der Waals surface area contributed by atoms with Crippen molar-refractivity contribution in [3.63, 3.8) is 0 Å². The number of phosphoric ester groups is 1. The van der Waals surface area contributed by atoms with E-state index in [1.54, 1.807) is 6.92 Å². The molecule has 0 aromatic rings. The van der Waals surface area contributed by atoms with Gasteiger partial charge in [-0.25, -0.2) is 0 Å². The molecule has 0 N–H and O–H groups in total. The van der Waals surface area contributed by atoms with E-state index >= 15 is 0 Å². The average molecular weight is 655 g/mol. The summed E-state index contributed by atoms with van der Waals surface area (Å²) in [7, 11) is -5.25. The molecular weight excluding hydrogens is 601 g/mol. The fraction of sp³-hybridized carbons (Fsp3) is 0.897. The number of phosphoric acid groups is 1. The van der Waals surface area contributed by atoms with E-state index in [0.29, 0.717) is 12.8 Å². The molecule has 0 fully saturated rings. The van der Waals surface area contributed by atoms with Gasteiger partial charge in [0.2, 0.25) is 0 Å². The van der Waals surface area contributed by atoms with Gasteiger partial charge in [0.05, 0.1) is 14.4 Å². The molecule has 0 saturated carbocycles. The first-order chi connectivity index (χ1) is 19.1. The number of hydrogen-bond acceptors (Lipinski definition) is 10. The molecule has 0 unspecified atom stereocenters. The molecule has 236 valence electrons. The van der Waals surface area contributed by atoms with Gasteiger partial charge in [-0.15, -0.1) is 0 Å². The van der Waals surface area contributed by atoms with Crippen molar-refractivity contribution in [3.05, 3.63) is 0 Å². The molecule has 0 aromatic heterocycles. The average Bonchev–Trinajstić information content (AvgIpc) is 2.89. The third-order valence-electron chi connectivity index (χ3n) is 6.46. The van der Waals surface area contributed by atoms with Crippen molar-refractivity contribution in [1.29, 1.82) is 0 Å². The Balaban J connectivity index is -0.00000760. The molecule has 0 saturated heterocycles. The summed E-state index contributed by atoms with van der Waals surface area (Å²) in [4.78, 5) is 56.8. The predicted molar refractivity (Wildman–Crippen MR) is 156 cm³/mol. The van der Waals surface area contributed by atoms with Crippen LogP contribution in [0.15, 0.2) is 0 Å². The molecule has 0 spiro atoms. The first-order valence-corrected chi connectivity index (χ1v) is 17.7. The second kappa shape index (κ2) is 33.4. The zero-order chi connectivity index (χ0) is 29.9. The Morgan fingerprint density at radius 3 is 1.55 bits per heavy atom. The van der Waals surface area contributed by atoms with Crippen molar-refractivity contribution in [2.75, 3.05) is 19.0 Å². The number of hydrogen-bond donors (Lipinski definition) is 0. The van der Waals surface area contributed by atoms with E-state index in [9.17, 15) is 28.7 Å². The Labute approximate surface area is 303 Å². The van der Waals surface area contributed by atoms with E-state index in [-0.39, 0.29) is 83.7 Å². The standard InChI is InChI=1S/C29H55O9PS.2Na/c1-3-4-5-6-7-8-9-10-11-12-13-15-19-22-29(32)38-27(25-37-39(33,34)35)24-36-28(31)21-18-16-14-17-20-23-40-26(2)30;;/h27H,3-25H2,1-2H3,(H2,33,34,35);;/q;2*+1/p-2/t27-;;/m1../s1. The molecule has 0 rings (SSSR count). The van der Waals surface area contributed by atoms with Crippen molar-refractivity contribution in [2.24, 2.45) is 0 Å². The van der Waals surface area contributed by atoms with Gasteiger partial charge in [0, 0.05) is 25.5 Å². The van der Waals surface area contributed by atoms with Crippen molar-refractivity contribution < 1.29 is 102 Å². The Bertz CT molecular complexity index is 711. The molecule has 0 aliphatic heterocycles. The van der Waals surface area contributed by atoms with Crippen LogP contribution in [0.3, 0.4) is 0 Å². The zero-order valence-corrected chi connectivity index (χ0v) is 32.6. The first kappa shape index (κ1) is 47.5. The number of esters is 2. The van der Waals surface area contributed by atoms with E-state index < -0.39 is 32.5 Å². The van der Waals surface area contributed by atoms with Crippen LogP contribution >= 0.6 is 19.6 Å². The van der Waals surface area contributed by atoms with Crippen molar-refractivity contribution in [1.82, 2.24) is 0 Å². The molecule has 0 radical (unpaired) electrons. The van der Waals surface area contributed by atoms with E-state index in [1.807, 2.05) is 0 Å². The molecule has 42 heavy (non-hydrogen) atoms. The zero-order valence-electron chi connectivity index (χ0n) is 26.9. The van der Waals surface area contributed by atoms with Gasteiger partial charge in [0.15, 0.2) is 11.2 Å². The topological polar surface area (TPSA) is 142 Å². The van der Waals surface area contributed by atoms with Gasteiger partial charge >= 0.3 is 71.1 Å². The van der Waals surface area contributed by atoms with Gasteiger partial charge in [0.25, 0.3) is 0 Å². The molecule has 0 aliphatic rings. The number of unbranched alkanes of at least 4 members (excludes halogenated alkanes) is 16. The fourth-order valence-electron chi connectivity index (χ4n) is 4.20. The van der Waals surface area contributed by atoms with E-state index in [0.717, 1.165) is 50.7 Å². The molecule has 9 nitrogen and oxygen atoms in total. The molecular formula is C29H53Na2O9PS. The van der Waals surface area contributed by atoms with Crippen molar-refractivity contribution in [3.8, 4) is 0 Å². The van der Waals surface area contributed by atoms with Gasteiger partial charge in [-0.05, 0) is 19.3 Å². The molecule has 0 heterocycles. The van der Waals surface area contributed by atoms with Crippen LogP contribution in [0, 0.1) is 0 Å². The maximum atomic E-state index is 12.2. The summed E-state index contributed by atoms with van der Waals surface area (Å²) >= 11 is 1.31. The monoisotopic (exact) mass is 654 g/mol. The summed E-state index contributed by atoms with van der Waals surface area (Å²) in [5.74, 6) is -0.224. The van der Waals surface area contributed by atoms with Crippen LogP contribution in [0.5, 0.6) is 0 Å². The summed E-state index contributed by atoms with van der Waals surface area (Å²) in [6.07, 6.45) is 19.0. The van der Waals surface area contributed by atoms with Gasteiger partial charge in [-0.3, -0.25) is 14.4 Å². The normalized spacial score (nSPS) is 11.7. The first-order valence-electron chi connectivity index (χ1n) is 15.3. The van der Waals surface area contributed by atoms with Gasteiger partial charge in [-0.1, -0.05) is 115 Å². The maximum absolute atomic E-state index is 12.2. The maximum Gasteiger partial charge on any atom is 1.00 e. The van der Waals surface area contributed by atoms with Crippen LogP contribution in [0.25, 0.3) is 0 Å². The number of thioether (sulfide) groups is 1. The van der Waals surface area contributed by atoms with Gasteiger partial charge in [0.1, 0.15) is 6.61 Å². The van der Waals surface area contributed by atoms with Gasteiger partial charge < -0.3 is 28.3 Å². The number of ether oxygens (including phenoxy) is 2. The second-order valence-corrected chi connectivity index (χ2v) is 12.8. The van der Waals surface area contributed by atoms with Crippen molar-refractivity contribution >= 4 is 36.6 Å². The third-order valence-corrected chi connectivity index (χ3v) is 7.83.